The maximum Gasteiger partial charge on any atom is 0.383 e. The molecule has 0 aromatic heterocycles. The van der Waals surface area contributed by atoms with Crippen LogP contribution in [0.2, 0.25) is 10.0 Å². The second kappa shape index (κ2) is 5.84. The maximum atomic E-state index is 12.8. The van der Waals surface area contributed by atoms with Crippen molar-refractivity contribution < 1.29 is 32.3 Å². The van der Waals surface area contributed by atoms with Gasteiger partial charge in [0.25, 0.3) is 0 Å². The van der Waals surface area contributed by atoms with Gasteiger partial charge >= 0.3 is 24.2 Å². The van der Waals surface area contributed by atoms with Crippen LogP contribution in [0.4, 0.5) is 23.2 Å². The average Bonchev–Trinajstić information content (AvgIpc) is 2.32. The zero-order valence-corrected chi connectivity index (χ0v) is 10.8. The molecule has 0 spiro atoms. The summed E-state index contributed by atoms with van der Waals surface area (Å²) in [5.41, 5.74) is -1.56. The lowest BCUT2D eigenvalue weighted by Gasteiger charge is -2.17. The molecule has 4 nitrogen and oxygen atoms in total. The van der Waals surface area contributed by atoms with Gasteiger partial charge in [0.05, 0.1) is 15.7 Å². The minimum atomic E-state index is -5.00. The number of amides is 1. The lowest BCUT2D eigenvalue weighted by atomic mass is 10.1. The Morgan fingerprint density at radius 3 is 2.15 bits per heavy atom. The van der Waals surface area contributed by atoms with Crippen molar-refractivity contribution >= 4 is 40.8 Å². The summed E-state index contributed by atoms with van der Waals surface area (Å²) in [7, 11) is 0. The molecule has 0 saturated heterocycles. The van der Waals surface area contributed by atoms with Crippen molar-refractivity contribution in [3.05, 3.63) is 27.7 Å². The van der Waals surface area contributed by atoms with Crippen LogP contribution in [-0.2, 0) is 4.79 Å². The number of carboxylic acid groups (broad SMARTS) is 1. The van der Waals surface area contributed by atoms with Gasteiger partial charge in [0.15, 0.2) is 0 Å². The molecule has 0 fully saturated rings. The Bertz CT molecular complexity index is 566. The number of carboxylic acids is 1. The van der Waals surface area contributed by atoms with Crippen LogP contribution in [0.5, 0.6) is 0 Å². The minimum Gasteiger partial charge on any atom is -0.478 e. The summed E-state index contributed by atoms with van der Waals surface area (Å²) in [5.74, 6) is -9.06. The fourth-order valence-corrected chi connectivity index (χ4v) is 1.62. The number of carbonyl (C=O) groups is 2. The van der Waals surface area contributed by atoms with Crippen LogP contribution in [-0.4, -0.2) is 29.3 Å². The van der Waals surface area contributed by atoms with E-state index < -0.39 is 45.5 Å². The van der Waals surface area contributed by atoms with Crippen molar-refractivity contribution in [3.8, 4) is 0 Å². The smallest absolute Gasteiger partial charge is 0.383 e. The lowest BCUT2D eigenvalue weighted by Crippen LogP contribution is -2.41. The van der Waals surface area contributed by atoms with Gasteiger partial charge in [-0.3, -0.25) is 4.79 Å². The monoisotopic (exact) mass is 333 g/mol. The van der Waals surface area contributed by atoms with Gasteiger partial charge < -0.3 is 10.4 Å². The first-order chi connectivity index (χ1) is 9.09. The average molecular weight is 334 g/mol. The molecule has 0 aliphatic carbocycles. The SMILES string of the molecule is O=C(O)c1c(Cl)ccc(Cl)c1NC(=O)C(F)(F)C(F)F. The van der Waals surface area contributed by atoms with Crippen molar-refractivity contribution in [1.29, 1.82) is 0 Å². The molecule has 2 N–H and O–H groups in total. The van der Waals surface area contributed by atoms with Crippen LogP contribution in [0.1, 0.15) is 10.4 Å². The van der Waals surface area contributed by atoms with E-state index in [1.807, 2.05) is 0 Å². The van der Waals surface area contributed by atoms with Gasteiger partial charge in [-0.2, -0.15) is 8.78 Å². The molecule has 10 heteroatoms. The predicted molar refractivity (Wildman–Crippen MR) is 63.0 cm³/mol. The molecule has 0 saturated carbocycles. The van der Waals surface area contributed by atoms with E-state index in [-0.39, 0.29) is 0 Å². The van der Waals surface area contributed by atoms with E-state index >= 15 is 0 Å². The summed E-state index contributed by atoms with van der Waals surface area (Å²) in [6, 6.07) is 2.07. The van der Waals surface area contributed by atoms with Crippen LogP contribution in [0.15, 0.2) is 12.1 Å². The Labute approximate surface area is 119 Å². The predicted octanol–water partition coefficient (Wildman–Crippen LogP) is 3.53. The number of alkyl halides is 4. The first-order valence-corrected chi connectivity index (χ1v) is 5.53. The van der Waals surface area contributed by atoms with Gasteiger partial charge in [-0.15, -0.1) is 0 Å². The second-order valence-corrected chi connectivity index (χ2v) is 4.28. The number of aromatic carboxylic acids is 1. The number of benzene rings is 1. The molecule has 110 valence electrons. The normalized spacial score (nSPS) is 11.6. The van der Waals surface area contributed by atoms with Crippen molar-refractivity contribution in [2.45, 2.75) is 12.3 Å². The van der Waals surface area contributed by atoms with Crippen molar-refractivity contribution in [2.75, 3.05) is 5.32 Å². The third-order valence-electron chi connectivity index (χ3n) is 2.13. The molecule has 20 heavy (non-hydrogen) atoms. The largest absolute Gasteiger partial charge is 0.478 e. The lowest BCUT2D eigenvalue weighted by molar-refractivity contribution is -0.163. The fraction of sp³-hybridized carbons (Fsp3) is 0.200. The molecule has 1 aromatic rings. The molecule has 0 unspecified atom stereocenters. The van der Waals surface area contributed by atoms with Gasteiger partial charge in [0.1, 0.15) is 5.56 Å². The highest BCUT2D eigenvalue weighted by molar-refractivity contribution is 6.38. The van der Waals surface area contributed by atoms with Crippen LogP contribution < -0.4 is 5.32 Å². The van der Waals surface area contributed by atoms with E-state index in [0.717, 1.165) is 12.1 Å². The molecule has 0 radical (unpaired) electrons. The summed E-state index contributed by atoms with van der Waals surface area (Å²) < 4.78 is 49.6. The molecular weight excluding hydrogens is 329 g/mol. The van der Waals surface area contributed by atoms with Crippen LogP contribution in [0, 0.1) is 0 Å². The quantitative estimate of drug-likeness (QED) is 0.828. The summed E-state index contributed by atoms with van der Waals surface area (Å²) in [5, 5.41) is 9.38. The number of hydrogen-bond acceptors (Lipinski definition) is 2. The van der Waals surface area contributed by atoms with Crippen LogP contribution in [0.25, 0.3) is 0 Å². The third kappa shape index (κ3) is 3.13. The number of carbonyl (C=O) groups excluding carboxylic acids is 1. The van der Waals surface area contributed by atoms with Crippen molar-refractivity contribution in [2.24, 2.45) is 0 Å². The Hall–Kier alpha value is -1.54. The summed E-state index contributed by atoms with van der Waals surface area (Å²) in [6.45, 7) is 0. The molecule has 1 amide bonds. The second-order valence-electron chi connectivity index (χ2n) is 3.46. The maximum absolute atomic E-state index is 12.8. The Morgan fingerprint density at radius 2 is 1.70 bits per heavy atom. The van der Waals surface area contributed by atoms with E-state index in [1.165, 1.54) is 5.32 Å². The number of halogens is 6. The molecule has 0 aliphatic rings. The van der Waals surface area contributed by atoms with Gasteiger partial charge in [-0.05, 0) is 12.1 Å². The van der Waals surface area contributed by atoms with E-state index in [9.17, 15) is 27.2 Å². The van der Waals surface area contributed by atoms with Crippen molar-refractivity contribution in [1.82, 2.24) is 0 Å². The molecule has 1 rings (SSSR count). The summed E-state index contributed by atoms with van der Waals surface area (Å²) in [6.07, 6.45) is -4.26. The van der Waals surface area contributed by atoms with Gasteiger partial charge in [0.2, 0.25) is 0 Å². The molecule has 0 aliphatic heterocycles. The molecule has 0 heterocycles. The third-order valence-corrected chi connectivity index (χ3v) is 2.76. The minimum absolute atomic E-state index is 0.405. The Kier molecular flexibility index (Phi) is 4.82. The topological polar surface area (TPSA) is 66.4 Å². The van der Waals surface area contributed by atoms with Crippen molar-refractivity contribution in [3.63, 3.8) is 0 Å². The Balaban J connectivity index is 3.26. The zero-order valence-electron chi connectivity index (χ0n) is 9.26. The van der Waals surface area contributed by atoms with E-state index in [4.69, 9.17) is 28.3 Å². The van der Waals surface area contributed by atoms with Crippen LogP contribution >= 0.6 is 23.2 Å². The van der Waals surface area contributed by atoms with Gasteiger partial charge in [-0.1, -0.05) is 23.2 Å². The highest BCUT2D eigenvalue weighted by atomic mass is 35.5. The van der Waals surface area contributed by atoms with E-state index in [2.05, 4.69) is 0 Å². The molecule has 0 atom stereocenters. The zero-order chi connectivity index (χ0) is 15.7. The standard InChI is InChI=1S/C10H5Cl2F4NO3/c11-3-1-2-4(12)6(5(3)7(18)19)17-9(20)10(15,16)8(13)14/h1-2,8H,(H,17,20)(H,18,19). The molecular formula is C10H5Cl2F4NO3. The highest BCUT2D eigenvalue weighted by Gasteiger charge is 2.49. The number of hydrogen-bond donors (Lipinski definition) is 2. The van der Waals surface area contributed by atoms with Gasteiger partial charge in [0, 0.05) is 0 Å². The van der Waals surface area contributed by atoms with Crippen LogP contribution in [0.3, 0.4) is 0 Å². The molecule has 1 aromatic carbocycles. The Morgan fingerprint density at radius 1 is 1.20 bits per heavy atom. The number of nitrogens with one attached hydrogen (secondary N) is 1. The number of rotatable bonds is 4. The van der Waals surface area contributed by atoms with Gasteiger partial charge in [-0.25, -0.2) is 13.6 Å². The first-order valence-electron chi connectivity index (χ1n) is 4.77. The van der Waals surface area contributed by atoms with E-state index in [1.54, 1.807) is 0 Å². The highest BCUT2D eigenvalue weighted by Crippen LogP contribution is 2.33. The number of anilines is 1. The fourth-order valence-electron chi connectivity index (χ4n) is 1.18. The van der Waals surface area contributed by atoms with E-state index in [0.29, 0.717) is 0 Å². The summed E-state index contributed by atoms with van der Waals surface area (Å²) in [4.78, 5) is 22.0. The first kappa shape index (κ1) is 16.5. The molecule has 0 bridgehead atoms. The summed E-state index contributed by atoms with van der Waals surface area (Å²) >= 11 is 11.1.